The first kappa shape index (κ1) is 9.22. The molecule has 2 atom stereocenters. The number of alkyl halides is 2. The van der Waals surface area contributed by atoms with Gasteiger partial charge in [0.05, 0.1) is 0 Å². The standard InChI is InChI=1S/C7H10F2O3/c1-3-6(8)7(9,4-2)12-5(10)11-6/h3-4H2,1-2H3/t6-,7-/m1/s1. The highest BCUT2D eigenvalue weighted by Crippen LogP contribution is 2.44. The molecule has 0 saturated carbocycles. The van der Waals surface area contributed by atoms with Crippen molar-refractivity contribution in [3.63, 3.8) is 0 Å². The number of carbonyl (C=O) groups is 1. The van der Waals surface area contributed by atoms with Crippen LogP contribution in [0, 0.1) is 0 Å². The van der Waals surface area contributed by atoms with Gasteiger partial charge in [-0.15, -0.1) is 0 Å². The fraction of sp³-hybridized carbons (Fsp3) is 0.857. The lowest BCUT2D eigenvalue weighted by atomic mass is 10.0. The van der Waals surface area contributed by atoms with E-state index in [1.165, 1.54) is 13.8 Å². The van der Waals surface area contributed by atoms with Crippen LogP contribution < -0.4 is 0 Å². The normalized spacial score (nSPS) is 40.8. The van der Waals surface area contributed by atoms with Crippen molar-refractivity contribution in [2.75, 3.05) is 0 Å². The van der Waals surface area contributed by atoms with Crippen molar-refractivity contribution >= 4 is 6.16 Å². The molecule has 3 nitrogen and oxygen atoms in total. The summed E-state index contributed by atoms with van der Waals surface area (Å²) in [5.41, 5.74) is 0. The molecule has 0 aromatic rings. The van der Waals surface area contributed by atoms with Gasteiger partial charge in [-0.05, 0) is 0 Å². The molecule has 1 rings (SSSR count). The van der Waals surface area contributed by atoms with Gasteiger partial charge in [-0.1, -0.05) is 13.8 Å². The van der Waals surface area contributed by atoms with Gasteiger partial charge in [-0.2, -0.15) is 8.78 Å². The van der Waals surface area contributed by atoms with Crippen molar-refractivity contribution in [3.8, 4) is 0 Å². The quantitative estimate of drug-likeness (QED) is 0.611. The SMILES string of the molecule is CC[C@@]1(F)OC(=O)O[C@]1(F)CC. The lowest BCUT2D eigenvalue weighted by molar-refractivity contribution is -0.216. The Morgan fingerprint density at radius 3 is 1.75 bits per heavy atom. The maximum absolute atomic E-state index is 13.4. The number of cyclic esters (lactones) is 2. The first-order chi connectivity index (χ1) is 5.47. The summed E-state index contributed by atoms with van der Waals surface area (Å²) in [5.74, 6) is -5.25. The summed E-state index contributed by atoms with van der Waals surface area (Å²) < 4.78 is 35.0. The van der Waals surface area contributed by atoms with Crippen LogP contribution in [0.25, 0.3) is 0 Å². The van der Waals surface area contributed by atoms with Gasteiger partial charge in [0, 0.05) is 12.8 Å². The van der Waals surface area contributed by atoms with Crippen molar-refractivity contribution in [2.45, 2.75) is 38.4 Å². The van der Waals surface area contributed by atoms with Crippen LogP contribution in [-0.4, -0.2) is 17.9 Å². The molecular weight excluding hydrogens is 170 g/mol. The lowest BCUT2D eigenvalue weighted by Crippen LogP contribution is -2.43. The molecule has 0 radical (unpaired) electrons. The molecular formula is C7H10F2O3. The minimum Gasteiger partial charge on any atom is -0.389 e. The van der Waals surface area contributed by atoms with E-state index in [0.29, 0.717) is 0 Å². The monoisotopic (exact) mass is 180 g/mol. The fourth-order valence-electron chi connectivity index (χ4n) is 1.11. The third-order valence-corrected chi connectivity index (χ3v) is 1.96. The Kier molecular flexibility index (Phi) is 1.97. The Labute approximate surface area is 68.6 Å². The van der Waals surface area contributed by atoms with Crippen LogP contribution in [0.5, 0.6) is 0 Å². The van der Waals surface area contributed by atoms with Crippen LogP contribution in [0.4, 0.5) is 13.6 Å². The third-order valence-electron chi connectivity index (χ3n) is 1.96. The predicted octanol–water partition coefficient (Wildman–Crippen LogP) is 2.30. The largest absolute Gasteiger partial charge is 0.514 e. The molecule has 0 aromatic heterocycles. The van der Waals surface area contributed by atoms with Gasteiger partial charge >= 0.3 is 17.9 Å². The van der Waals surface area contributed by atoms with E-state index in [4.69, 9.17) is 0 Å². The van der Waals surface area contributed by atoms with Crippen molar-refractivity contribution in [1.82, 2.24) is 0 Å². The van der Waals surface area contributed by atoms with Crippen LogP contribution >= 0.6 is 0 Å². The lowest BCUT2D eigenvalue weighted by Gasteiger charge is -2.25. The Bertz CT molecular complexity index is 189. The van der Waals surface area contributed by atoms with Gasteiger partial charge in [0.2, 0.25) is 0 Å². The molecule has 0 unspecified atom stereocenters. The second kappa shape index (κ2) is 2.57. The summed E-state index contributed by atoms with van der Waals surface area (Å²) in [5, 5.41) is 0. The number of halogens is 2. The van der Waals surface area contributed by atoms with Gasteiger partial charge in [0.25, 0.3) is 0 Å². The van der Waals surface area contributed by atoms with Gasteiger partial charge < -0.3 is 9.47 Å². The summed E-state index contributed by atoms with van der Waals surface area (Å²) >= 11 is 0. The van der Waals surface area contributed by atoms with Gasteiger partial charge in [-0.25, -0.2) is 4.79 Å². The summed E-state index contributed by atoms with van der Waals surface area (Å²) in [6, 6.07) is 0. The minimum atomic E-state index is -2.63. The van der Waals surface area contributed by atoms with Crippen LogP contribution in [-0.2, 0) is 9.47 Å². The van der Waals surface area contributed by atoms with E-state index in [0.717, 1.165) is 0 Å². The van der Waals surface area contributed by atoms with Gasteiger partial charge in [0.15, 0.2) is 0 Å². The van der Waals surface area contributed by atoms with E-state index in [1.807, 2.05) is 0 Å². The molecule has 70 valence electrons. The second-order valence-electron chi connectivity index (χ2n) is 2.62. The summed E-state index contributed by atoms with van der Waals surface area (Å²) in [6.45, 7) is 2.76. The summed E-state index contributed by atoms with van der Waals surface area (Å²) in [6.07, 6.45) is -1.81. The molecule has 1 aliphatic heterocycles. The Balaban J connectivity index is 2.93. The Morgan fingerprint density at radius 2 is 1.50 bits per heavy atom. The molecule has 1 heterocycles. The van der Waals surface area contributed by atoms with Crippen LogP contribution in [0.2, 0.25) is 0 Å². The molecule has 0 spiro atoms. The van der Waals surface area contributed by atoms with Crippen molar-refractivity contribution in [1.29, 1.82) is 0 Å². The molecule has 12 heavy (non-hydrogen) atoms. The van der Waals surface area contributed by atoms with Crippen LogP contribution in [0.1, 0.15) is 26.7 Å². The summed E-state index contributed by atoms with van der Waals surface area (Å²) in [4.78, 5) is 10.5. The van der Waals surface area contributed by atoms with Crippen molar-refractivity contribution in [3.05, 3.63) is 0 Å². The van der Waals surface area contributed by atoms with Crippen LogP contribution in [0.15, 0.2) is 0 Å². The zero-order valence-corrected chi connectivity index (χ0v) is 6.89. The second-order valence-corrected chi connectivity index (χ2v) is 2.62. The molecule has 0 aromatic carbocycles. The average molecular weight is 180 g/mol. The molecule has 1 fully saturated rings. The van der Waals surface area contributed by atoms with E-state index in [2.05, 4.69) is 9.47 Å². The predicted molar refractivity (Wildman–Crippen MR) is 35.8 cm³/mol. The van der Waals surface area contributed by atoms with Crippen molar-refractivity contribution in [2.24, 2.45) is 0 Å². The number of rotatable bonds is 2. The first-order valence-corrected chi connectivity index (χ1v) is 3.77. The number of hydrogen-bond donors (Lipinski definition) is 0. The zero-order valence-electron chi connectivity index (χ0n) is 6.89. The van der Waals surface area contributed by atoms with E-state index < -0.39 is 17.9 Å². The first-order valence-electron chi connectivity index (χ1n) is 3.77. The third kappa shape index (κ3) is 1.04. The molecule has 0 N–H and O–H groups in total. The minimum absolute atomic E-state index is 0.261. The molecule has 1 saturated heterocycles. The smallest absolute Gasteiger partial charge is 0.389 e. The Morgan fingerprint density at radius 1 is 1.17 bits per heavy atom. The number of hydrogen-bond acceptors (Lipinski definition) is 3. The average Bonchev–Trinajstić information content (AvgIpc) is 2.25. The highest BCUT2D eigenvalue weighted by molar-refractivity contribution is 5.63. The van der Waals surface area contributed by atoms with E-state index in [-0.39, 0.29) is 12.8 Å². The maximum Gasteiger partial charge on any atom is 0.514 e. The van der Waals surface area contributed by atoms with Gasteiger partial charge in [-0.3, -0.25) is 0 Å². The molecule has 0 amide bonds. The highest BCUT2D eigenvalue weighted by atomic mass is 19.2. The molecule has 1 aliphatic rings. The van der Waals surface area contributed by atoms with Crippen molar-refractivity contribution < 1.29 is 23.0 Å². The summed E-state index contributed by atoms with van der Waals surface area (Å²) in [7, 11) is 0. The number of ether oxygens (including phenoxy) is 2. The van der Waals surface area contributed by atoms with Crippen LogP contribution in [0.3, 0.4) is 0 Å². The van der Waals surface area contributed by atoms with E-state index in [1.54, 1.807) is 0 Å². The van der Waals surface area contributed by atoms with E-state index in [9.17, 15) is 13.6 Å². The topological polar surface area (TPSA) is 35.5 Å². The van der Waals surface area contributed by atoms with E-state index >= 15 is 0 Å². The highest BCUT2D eigenvalue weighted by Gasteiger charge is 2.63. The Hall–Kier alpha value is -0.870. The fourth-order valence-corrected chi connectivity index (χ4v) is 1.11. The molecule has 0 aliphatic carbocycles. The zero-order chi connectivity index (χ0) is 9.41. The number of carbonyl (C=O) groups excluding carboxylic acids is 1. The molecule has 5 heteroatoms. The maximum atomic E-state index is 13.4. The molecule has 0 bridgehead atoms. The van der Waals surface area contributed by atoms with Gasteiger partial charge in [0.1, 0.15) is 0 Å².